The number of sulfonamides is 1. The van der Waals surface area contributed by atoms with Gasteiger partial charge in [-0.3, -0.25) is 0 Å². The van der Waals surface area contributed by atoms with Gasteiger partial charge in [-0.15, -0.1) is 22.7 Å². The molecular formula is C9H9BrN2O2S3. The number of halogens is 1. The smallest absolute Gasteiger partial charge is 0.248 e. The third kappa shape index (κ3) is 3.14. The molecular weight excluding hydrogens is 344 g/mol. The van der Waals surface area contributed by atoms with E-state index in [1.165, 1.54) is 22.7 Å². The fourth-order valence-corrected chi connectivity index (χ4v) is 5.36. The van der Waals surface area contributed by atoms with Crippen molar-refractivity contribution in [2.75, 3.05) is 0 Å². The average molecular weight is 353 g/mol. The van der Waals surface area contributed by atoms with Crippen LogP contribution in [-0.4, -0.2) is 13.4 Å². The number of aryl methyl sites for hydroxylation is 1. The lowest BCUT2D eigenvalue weighted by molar-refractivity contribution is 0.583. The lowest BCUT2D eigenvalue weighted by Gasteiger charge is -2.03. The number of nitrogens with one attached hydrogen (secondary N) is 1. The third-order valence-corrected chi connectivity index (χ3v) is 6.90. The Balaban J connectivity index is 2.11. The van der Waals surface area contributed by atoms with Crippen LogP contribution in [0.5, 0.6) is 0 Å². The monoisotopic (exact) mass is 352 g/mol. The molecule has 0 bridgehead atoms. The van der Waals surface area contributed by atoms with E-state index < -0.39 is 10.0 Å². The lowest BCUT2D eigenvalue weighted by atomic mass is 10.6. The van der Waals surface area contributed by atoms with Gasteiger partial charge in [0.2, 0.25) is 0 Å². The van der Waals surface area contributed by atoms with E-state index in [2.05, 4.69) is 25.6 Å². The van der Waals surface area contributed by atoms with Crippen molar-refractivity contribution in [3.05, 3.63) is 32.0 Å². The van der Waals surface area contributed by atoms with Gasteiger partial charge in [0.05, 0.1) is 6.54 Å². The summed E-state index contributed by atoms with van der Waals surface area (Å²) in [7, 11) is -3.45. The molecule has 2 aromatic rings. The minimum absolute atomic E-state index is 0.227. The Morgan fingerprint density at radius 1 is 1.53 bits per heavy atom. The summed E-state index contributed by atoms with van der Waals surface area (Å²) in [6.45, 7) is 2.16. The van der Waals surface area contributed by atoms with Crippen LogP contribution < -0.4 is 4.72 Å². The van der Waals surface area contributed by atoms with Crippen LogP contribution in [0, 0.1) is 6.92 Å². The largest absolute Gasteiger partial charge is 0.251 e. The molecule has 2 aromatic heterocycles. The van der Waals surface area contributed by atoms with Gasteiger partial charge in [0.15, 0.2) is 0 Å². The molecule has 8 heteroatoms. The van der Waals surface area contributed by atoms with Crippen LogP contribution >= 0.6 is 38.6 Å². The van der Waals surface area contributed by atoms with E-state index in [0.717, 1.165) is 9.88 Å². The van der Waals surface area contributed by atoms with Crippen LogP contribution in [0.15, 0.2) is 26.3 Å². The number of thiazole rings is 1. The minimum Gasteiger partial charge on any atom is -0.248 e. The number of hydrogen-bond acceptors (Lipinski definition) is 5. The van der Waals surface area contributed by atoms with Crippen molar-refractivity contribution in [2.45, 2.75) is 17.7 Å². The molecule has 0 amide bonds. The van der Waals surface area contributed by atoms with Crippen molar-refractivity contribution in [1.82, 2.24) is 9.71 Å². The molecule has 0 saturated carbocycles. The summed E-state index contributed by atoms with van der Waals surface area (Å²) in [6.07, 6.45) is 1.73. The number of rotatable bonds is 4. The number of aromatic nitrogens is 1. The van der Waals surface area contributed by atoms with Crippen LogP contribution in [0.4, 0.5) is 0 Å². The van der Waals surface area contributed by atoms with Crippen LogP contribution in [-0.2, 0) is 16.6 Å². The highest BCUT2D eigenvalue weighted by molar-refractivity contribution is 9.10. The highest BCUT2D eigenvalue weighted by Gasteiger charge is 2.19. The maximum Gasteiger partial charge on any atom is 0.251 e. The molecule has 17 heavy (non-hydrogen) atoms. The summed E-state index contributed by atoms with van der Waals surface area (Å²) in [5, 5.41) is 2.49. The highest BCUT2D eigenvalue weighted by atomic mass is 79.9. The standard InChI is InChI=1S/C9H9BrN2O2S3/c1-6-4-11-8(16-6)5-12-17(13,14)9-7(10)2-3-15-9/h2-4,12H,5H2,1H3. The number of thiophene rings is 1. The van der Waals surface area contributed by atoms with Gasteiger partial charge in [0, 0.05) is 15.5 Å². The number of hydrogen-bond donors (Lipinski definition) is 1. The molecule has 2 rings (SSSR count). The predicted octanol–water partition coefficient (Wildman–Crippen LogP) is 2.75. The van der Waals surface area contributed by atoms with Crippen molar-refractivity contribution in [1.29, 1.82) is 0 Å². The second kappa shape index (κ2) is 5.15. The Labute approximate surface area is 116 Å². The molecule has 1 N–H and O–H groups in total. The molecule has 0 aliphatic rings. The van der Waals surface area contributed by atoms with Gasteiger partial charge in [0.1, 0.15) is 9.22 Å². The normalized spacial score (nSPS) is 11.9. The predicted molar refractivity (Wildman–Crippen MR) is 72.9 cm³/mol. The molecule has 92 valence electrons. The Morgan fingerprint density at radius 2 is 2.29 bits per heavy atom. The van der Waals surface area contributed by atoms with E-state index in [4.69, 9.17) is 0 Å². The fourth-order valence-electron chi connectivity index (χ4n) is 1.18. The molecule has 0 radical (unpaired) electrons. The number of nitrogens with zero attached hydrogens (tertiary/aromatic N) is 1. The topological polar surface area (TPSA) is 59.1 Å². The second-order valence-corrected chi connectivity index (χ2v) is 8.30. The van der Waals surface area contributed by atoms with Crippen LogP contribution in [0.2, 0.25) is 0 Å². The van der Waals surface area contributed by atoms with Gasteiger partial charge in [-0.05, 0) is 34.3 Å². The van der Waals surface area contributed by atoms with E-state index in [1.807, 2.05) is 6.92 Å². The van der Waals surface area contributed by atoms with Crippen LogP contribution in [0.3, 0.4) is 0 Å². The molecule has 0 aliphatic heterocycles. The Morgan fingerprint density at radius 3 is 2.82 bits per heavy atom. The molecule has 0 fully saturated rings. The molecule has 0 aromatic carbocycles. The first kappa shape index (κ1) is 13.2. The summed E-state index contributed by atoms with van der Waals surface area (Å²) in [5.74, 6) is 0. The molecule has 0 atom stereocenters. The van der Waals surface area contributed by atoms with Gasteiger partial charge >= 0.3 is 0 Å². The van der Waals surface area contributed by atoms with Gasteiger partial charge < -0.3 is 0 Å². The highest BCUT2D eigenvalue weighted by Crippen LogP contribution is 2.27. The molecule has 0 aliphatic carbocycles. The van der Waals surface area contributed by atoms with E-state index >= 15 is 0 Å². The van der Waals surface area contributed by atoms with Gasteiger partial charge in [-0.1, -0.05) is 0 Å². The minimum atomic E-state index is -3.45. The third-order valence-electron chi connectivity index (χ3n) is 1.91. The maximum absolute atomic E-state index is 11.9. The molecule has 0 unspecified atom stereocenters. The Kier molecular flexibility index (Phi) is 3.99. The van der Waals surface area contributed by atoms with Crippen molar-refractivity contribution in [3.8, 4) is 0 Å². The van der Waals surface area contributed by atoms with Gasteiger partial charge in [-0.25, -0.2) is 18.1 Å². The fraction of sp³-hybridized carbons (Fsp3) is 0.222. The van der Waals surface area contributed by atoms with Crippen molar-refractivity contribution in [2.24, 2.45) is 0 Å². The van der Waals surface area contributed by atoms with Crippen LogP contribution in [0.1, 0.15) is 9.88 Å². The first-order chi connectivity index (χ1) is 7.99. The van der Waals surface area contributed by atoms with Crippen molar-refractivity contribution < 1.29 is 8.42 Å². The Hall–Kier alpha value is -0.280. The van der Waals surface area contributed by atoms with Crippen molar-refractivity contribution >= 4 is 48.6 Å². The van der Waals surface area contributed by atoms with Crippen molar-refractivity contribution in [3.63, 3.8) is 0 Å². The van der Waals surface area contributed by atoms with E-state index in [0.29, 0.717) is 8.68 Å². The molecule has 4 nitrogen and oxygen atoms in total. The Bertz CT molecular complexity index is 618. The zero-order chi connectivity index (χ0) is 12.5. The maximum atomic E-state index is 11.9. The quantitative estimate of drug-likeness (QED) is 0.920. The summed E-state index contributed by atoms with van der Waals surface area (Å²) in [4.78, 5) is 5.17. The summed E-state index contributed by atoms with van der Waals surface area (Å²) >= 11 is 5.88. The lowest BCUT2D eigenvalue weighted by Crippen LogP contribution is -2.22. The van der Waals surface area contributed by atoms with Crippen LogP contribution in [0.25, 0.3) is 0 Å². The SMILES string of the molecule is Cc1cnc(CNS(=O)(=O)c2sccc2Br)s1. The van der Waals surface area contributed by atoms with E-state index in [-0.39, 0.29) is 6.54 Å². The molecule has 0 saturated heterocycles. The zero-order valence-electron chi connectivity index (χ0n) is 8.81. The second-order valence-electron chi connectivity index (χ2n) is 3.25. The zero-order valence-corrected chi connectivity index (χ0v) is 12.8. The first-order valence-corrected chi connectivity index (χ1v) is 8.60. The van der Waals surface area contributed by atoms with E-state index in [1.54, 1.807) is 17.6 Å². The van der Waals surface area contributed by atoms with Gasteiger partial charge in [0.25, 0.3) is 10.0 Å². The summed E-state index contributed by atoms with van der Waals surface area (Å²) in [6, 6.07) is 1.72. The molecule has 2 heterocycles. The average Bonchev–Trinajstić information content (AvgIpc) is 2.85. The van der Waals surface area contributed by atoms with E-state index in [9.17, 15) is 8.42 Å². The summed E-state index contributed by atoms with van der Waals surface area (Å²) in [5.41, 5.74) is 0. The first-order valence-electron chi connectivity index (χ1n) is 4.63. The van der Waals surface area contributed by atoms with Gasteiger partial charge in [-0.2, -0.15) is 0 Å². The molecule has 0 spiro atoms. The summed E-state index contributed by atoms with van der Waals surface area (Å²) < 4.78 is 27.3.